The number of halogens is 3. The summed E-state index contributed by atoms with van der Waals surface area (Å²) in [4.78, 5) is 4.14. The van der Waals surface area contributed by atoms with Crippen LogP contribution in [0.15, 0.2) is 35.1 Å². The maximum Gasteiger partial charge on any atom is 0.0835 e. The Kier molecular flexibility index (Phi) is 4.49. The Bertz CT molecular complexity index is 573. The number of anilines is 1. The van der Waals surface area contributed by atoms with Crippen molar-refractivity contribution in [1.29, 1.82) is 0 Å². The van der Waals surface area contributed by atoms with Gasteiger partial charge in [-0.05, 0) is 46.1 Å². The van der Waals surface area contributed by atoms with Crippen molar-refractivity contribution < 1.29 is 0 Å². The minimum absolute atomic E-state index is 0.518. The average molecular weight is 346 g/mol. The van der Waals surface area contributed by atoms with Gasteiger partial charge in [0.2, 0.25) is 0 Å². The fourth-order valence-corrected chi connectivity index (χ4v) is 2.41. The number of aromatic nitrogens is 1. The van der Waals surface area contributed by atoms with Crippen molar-refractivity contribution in [3.05, 3.63) is 56.2 Å². The summed E-state index contributed by atoms with van der Waals surface area (Å²) in [6.07, 6.45) is 3.65. The van der Waals surface area contributed by atoms with Gasteiger partial charge in [0, 0.05) is 23.4 Å². The van der Waals surface area contributed by atoms with E-state index < -0.39 is 0 Å². The van der Waals surface area contributed by atoms with E-state index >= 15 is 0 Å². The molecule has 1 N–H and O–H groups in total. The van der Waals surface area contributed by atoms with Crippen LogP contribution in [-0.2, 0) is 6.54 Å². The van der Waals surface area contributed by atoms with Crippen molar-refractivity contribution in [2.24, 2.45) is 0 Å². The second-order valence-corrected chi connectivity index (χ2v) is 5.56. The Balaban J connectivity index is 2.14. The van der Waals surface area contributed by atoms with Crippen molar-refractivity contribution in [3.8, 4) is 0 Å². The number of hydrogen-bond acceptors (Lipinski definition) is 2. The molecule has 18 heavy (non-hydrogen) atoms. The van der Waals surface area contributed by atoms with Crippen molar-refractivity contribution in [1.82, 2.24) is 4.98 Å². The van der Waals surface area contributed by atoms with E-state index in [4.69, 9.17) is 23.2 Å². The fraction of sp³-hybridized carbons (Fsp3) is 0.154. The normalized spacial score (nSPS) is 10.4. The molecule has 2 aromatic rings. The number of aryl methyl sites for hydroxylation is 1. The quantitative estimate of drug-likeness (QED) is 0.785. The molecule has 0 saturated carbocycles. The van der Waals surface area contributed by atoms with E-state index in [0.717, 1.165) is 21.3 Å². The zero-order valence-electron chi connectivity index (χ0n) is 9.67. The van der Waals surface area contributed by atoms with E-state index in [1.165, 1.54) is 0 Å². The number of nitrogens with one attached hydrogen (secondary N) is 1. The van der Waals surface area contributed by atoms with Gasteiger partial charge in [-0.3, -0.25) is 4.98 Å². The maximum absolute atomic E-state index is 6.16. The van der Waals surface area contributed by atoms with Crippen LogP contribution in [0.3, 0.4) is 0 Å². The van der Waals surface area contributed by atoms with Gasteiger partial charge in [0.05, 0.1) is 15.7 Å². The number of hydrogen-bond donors (Lipinski definition) is 1. The zero-order valence-corrected chi connectivity index (χ0v) is 12.8. The number of pyridine rings is 1. The lowest BCUT2D eigenvalue weighted by atomic mass is 10.2. The predicted molar refractivity (Wildman–Crippen MR) is 80.5 cm³/mol. The van der Waals surface area contributed by atoms with Crippen LogP contribution in [-0.4, -0.2) is 4.98 Å². The van der Waals surface area contributed by atoms with Gasteiger partial charge in [-0.2, -0.15) is 0 Å². The molecule has 0 radical (unpaired) electrons. The Hall–Kier alpha value is -0.770. The molecule has 1 aromatic heterocycles. The molecule has 0 aliphatic heterocycles. The molecule has 5 heteroatoms. The van der Waals surface area contributed by atoms with Crippen LogP contribution in [0.5, 0.6) is 0 Å². The highest BCUT2D eigenvalue weighted by Gasteiger charge is 2.08. The molecule has 0 spiro atoms. The van der Waals surface area contributed by atoms with Gasteiger partial charge >= 0.3 is 0 Å². The summed E-state index contributed by atoms with van der Waals surface area (Å²) in [5.41, 5.74) is 3.05. The lowest BCUT2D eigenvalue weighted by Gasteiger charge is -2.10. The van der Waals surface area contributed by atoms with E-state index in [1.807, 2.05) is 31.5 Å². The number of rotatable bonds is 3. The first-order valence-corrected chi connectivity index (χ1v) is 6.90. The Labute approximate surface area is 124 Å². The van der Waals surface area contributed by atoms with E-state index in [2.05, 4.69) is 32.3 Å². The third-order valence-electron chi connectivity index (χ3n) is 2.45. The average Bonchev–Trinajstić information content (AvgIpc) is 2.35. The predicted octanol–water partition coefficient (Wildman–Crippen LogP) is 5.07. The third-order valence-corrected chi connectivity index (χ3v) is 4.22. The molecule has 94 valence electrons. The second-order valence-electron chi connectivity index (χ2n) is 3.95. The van der Waals surface area contributed by atoms with Gasteiger partial charge in [0.1, 0.15) is 0 Å². The maximum atomic E-state index is 6.16. The van der Waals surface area contributed by atoms with E-state index in [9.17, 15) is 0 Å². The molecule has 0 atom stereocenters. The topological polar surface area (TPSA) is 24.9 Å². The molecule has 2 nitrogen and oxygen atoms in total. The molecule has 1 aromatic carbocycles. The molecule has 2 rings (SSSR count). The number of benzene rings is 1. The summed E-state index contributed by atoms with van der Waals surface area (Å²) in [5, 5.41) is 4.28. The van der Waals surface area contributed by atoms with Crippen molar-refractivity contribution >= 4 is 44.8 Å². The molecule has 0 bridgehead atoms. The molecule has 1 heterocycles. The van der Waals surface area contributed by atoms with Crippen LogP contribution in [0.1, 0.15) is 11.1 Å². The molecule has 0 aliphatic rings. The molecule has 0 fully saturated rings. The standard InChI is InChI=1S/C13H11BrCl2N2/c1-8-4-9(6-17-5-8)7-18-11-3-2-10(14)12(15)13(11)16/h2-6,18H,7H2,1H3. The lowest BCUT2D eigenvalue weighted by Crippen LogP contribution is -2.01. The van der Waals surface area contributed by atoms with Gasteiger partial charge in [-0.25, -0.2) is 0 Å². The van der Waals surface area contributed by atoms with Crippen molar-refractivity contribution in [2.45, 2.75) is 13.5 Å². The van der Waals surface area contributed by atoms with E-state index in [-0.39, 0.29) is 0 Å². The van der Waals surface area contributed by atoms with E-state index in [0.29, 0.717) is 16.6 Å². The van der Waals surface area contributed by atoms with Crippen LogP contribution in [0, 0.1) is 6.92 Å². The summed E-state index contributed by atoms with van der Waals surface area (Å²) in [7, 11) is 0. The molecule has 0 unspecified atom stereocenters. The minimum Gasteiger partial charge on any atom is -0.380 e. The van der Waals surface area contributed by atoms with Crippen LogP contribution in [0.4, 0.5) is 5.69 Å². The first-order chi connectivity index (χ1) is 8.58. The van der Waals surface area contributed by atoms with Gasteiger partial charge in [-0.1, -0.05) is 29.3 Å². The molecular weight excluding hydrogens is 335 g/mol. The highest BCUT2D eigenvalue weighted by Crippen LogP contribution is 2.35. The van der Waals surface area contributed by atoms with Gasteiger partial charge in [0.25, 0.3) is 0 Å². The Morgan fingerprint density at radius 1 is 1.22 bits per heavy atom. The molecule has 0 amide bonds. The van der Waals surface area contributed by atoms with Crippen molar-refractivity contribution in [3.63, 3.8) is 0 Å². The SMILES string of the molecule is Cc1cncc(CNc2ccc(Br)c(Cl)c2Cl)c1. The fourth-order valence-electron chi connectivity index (χ4n) is 1.57. The first kappa shape index (κ1) is 13.7. The Morgan fingerprint density at radius 2 is 2.00 bits per heavy atom. The van der Waals surface area contributed by atoms with Gasteiger partial charge in [0.15, 0.2) is 0 Å². The highest BCUT2D eigenvalue weighted by molar-refractivity contribution is 9.10. The summed E-state index contributed by atoms with van der Waals surface area (Å²) < 4.78 is 0.789. The highest BCUT2D eigenvalue weighted by atomic mass is 79.9. The van der Waals surface area contributed by atoms with Crippen LogP contribution in [0.2, 0.25) is 10.0 Å². The van der Waals surface area contributed by atoms with E-state index in [1.54, 1.807) is 0 Å². The Morgan fingerprint density at radius 3 is 2.72 bits per heavy atom. The van der Waals surface area contributed by atoms with Gasteiger partial charge in [-0.15, -0.1) is 0 Å². The molecule has 0 aliphatic carbocycles. The monoisotopic (exact) mass is 344 g/mol. The second kappa shape index (κ2) is 5.91. The first-order valence-electron chi connectivity index (χ1n) is 5.36. The summed E-state index contributed by atoms with van der Waals surface area (Å²) in [5.74, 6) is 0. The largest absolute Gasteiger partial charge is 0.380 e. The summed E-state index contributed by atoms with van der Waals surface area (Å²) in [6.45, 7) is 2.67. The van der Waals surface area contributed by atoms with Crippen LogP contribution >= 0.6 is 39.1 Å². The lowest BCUT2D eigenvalue weighted by molar-refractivity contribution is 1.10. The minimum atomic E-state index is 0.518. The summed E-state index contributed by atoms with van der Waals surface area (Å²) in [6, 6.07) is 5.83. The smallest absolute Gasteiger partial charge is 0.0835 e. The molecular formula is C13H11BrCl2N2. The number of nitrogens with zero attached hydrogens (tertiary/aromatic N) is 1. The van der Waals surface area contributed by atoms with Gasteiger partial charge < -0.3 is 5.32 Å². The van der Waals surface area contributed by atoms with Crippen LogP contribution < -0.4 is 5.32 Å². The third kappa shape index (κ3) is 3.16. The molecule has 0 saturated heterocycles. The zero-order chi connectivity index (χ0) is 13.1. The summed E-state index contributed by atoms with van der Waals surface area (Å²) >= 11 is 15.5. The van der Waals surface area contributed by atoms with Crippen LogP contribution in [0.25, 0.3) is 0 Å². The van der Waals surface area contributed by atoms with Crippen molar-refractivity contribution in [2.75, 3.05) is 5.32 Å².